The molecule has 90 valence electrons. The number of rotatable bonds is 7. The van der Waals surface area contributed by atoms with Crippen LogP contribution in [0.15, 0.2) is 36.5 Å². The average Bonchev–Trinajstić information content (AvgIpc) is 2.26. The van der Waals surface area contributed by atoms with Crippen molar-refractivity contribution in [1.29, 1.82) is 0 Å². The number of hydrogen-bond acceptors (Lipinski definition) is 2. The highest BCUT2D eigenvalue weighted by molar-refractivity contribution is 5.78. The molecule has 0 saturated heterocycles. The number of ether oxygens (including phenoxy) is 1. The summed E-state index contributed by atoms with van der Waals surface area (Å²) >= 11 is 0. The number of carbonyl (C=O) groups is 1. The molecule has 0 heterocycles. The summed E-state index contributed by atoms with van der Waals surface area (Å²) in [6.07, 6.45) is 7.40. The topological polar surface area (TPSA) is 38.3 Å². The summed E-state index contributed by atoms with van der Waals surface area (Å²) < 4.78 is 4.91. The summed E-state index contributed by atoms with van der Waals surface area (Å²) in [5, 5.41) is 2.85. The van der Waals surface area contributed by atoms with Crippen LogP contribution in [0, 0.1) is 5.92 Å². The summed E-state index contributed by atoms with van der Waals surface area (Å²) in [7, 11) is 1.59. The fourth-order valence-electron chi connectivity index (χ4n) is 1.08. The predicted molar refractivity (Wildman–Crippen MR) is 67.1 cm³/mol. The standard InChI is InChI=1S/C13H21NO2/c1-5-6-7-8-11(2)9-14-13(15)12(3)10-16-4/h5-8,12H,1,9-10H2,2-4H3,(H,14,15)/b7-6-,11-8+. The molecule has 1 N–H and O–H groups in total. The van der Waals surface area contributed by atoms with E-state index in [1.54, 1.807) is 13.2 Å². The second-order valence-corrected chi connectivity index (χ2v) is 3.71. The molecular formula is C13H21NO2. The van der Waals surface area contributed by atoms with E-state index in [2.05, 4.69) is 11.9 Å². The van der Waals surface area contributed by atoms with Crippen LogP contribution >= 0.6 is 0 Å². The van der Waals surface area contributed by atoms with E-state index in [0.29, 0.717) is 13.2 Å². The highest BCUT2D eigenvalue weighted by atomic mass is 16.5. The quantitative estimate of drug-likeness (QED) is 0.671. The maximum atomic E-state index is 11.5. The van der Waals surface area contributed by atoms with Gasteiger partial charge in [0.25, 0.3) is 0 Å². The third-order valence-corrected chi connectivity index (χ3v) is 2.03. The molecule has 3 nitrogen and oxygen atoms in total. The van der Waals surface area contributed by atoms with Gasteiger partial charge in [0.2, 0.25) is 5.91 Å². The van der Waals surface area contributed by atoms with Crippen LogP contribution in [0.25, 0.3) is 0 Å². The van der Waals surface area contributed by atoms with Gasteiger partial charge in [-0.1, -0.05) is 43.4 Å². The average molecular weight is 223 g/mol. The van der Waals surface area contributed by atoms with Crippen molar-refractivity contribution in [2.24, 2.45) is 5.92 Å². The molecule has 16 heavy (non-hydrogen) atoms. The first-order valence-corrected chi connectivity index (χ1v) is 5.33. The molecule has 0 aromatic heterocycles. The first-order valence-electron chi connectivity index (χ1n) is 5.33. The molecule has 1 unspecified atom stereocenters. The number of allylic oxidation sites excluding steroid dienone is 4. The molecule has 0 saturated carbocycles. The molecule has 0 aliphatic rings. The zero-order valence-electron chi connectivity index (χ0n) is 10.3. The van der Waals surface area contributed by atoms with Gasteiger partial charge in [-0.05, 0) is 6.92 Å². The second kappa shape index (κ2) is 8.92. The largest absolute Gasteiger partial charge is 0.384 e. The van der Waals surface area contributed by atoms with Crippen LogP contribution in [0.3, 0.4) is 0 Å². The maximum Gasteiger partial charge on any atom is 0.225 e. The van der Waals surface area contributed by atoms with Crippen molar-refractivity contribution in [2.75, 3.05) is 20.3 Å². The SMILES string of the molecule is C=C/C=C\C=C(/C)CNC(=O)C(C)COC. The van der Waals surface area contributed by atoms with Crippen molar-refractivity contribution in [3.05, 3.63) is 36.5 Å². The number of nitrogens with one attached hydrogen (secondary N) is 1. The molecule has 0 rings (SSSR count). The summed E-state index contributed by atoms with van der Waals surface area (Å²) in [4.78, 5) is 11.5. The minimum Gasteiger partial charge on any atom is -0.384 e. The van der Waals surface area contributed by atoms with Crippen LogP contribution in [0.2, 0.25) is 0 Å². The van der Waals surface area contributed by atoms with E-state index in [4.69, 9.17) is 4.74 Å². The molecule has 0 fully saturated rings. The first kappa shape index (κ1) is 14.6. The molecule has 1 amide bonds. The van der Waals surface area contributed by atoms with Crippen molar-refractivity contribution >= 4 is 5.91 Å². The minimum absolute atomic E-state index is 0.0160. The summed E-state index contributed by atoms with van der Waals surface area (Å²) in [6.45, 7) is 8.40. The Morgan fingerprint density at radius 1 is 1.50 bits per heavy atom. The summed E-state index contributed by atoms with van der Waals surface area (Å²) in [5.74, 6) is -0.0937. The normalized spacial score (nSPS) is 13.8. The fraction of sp³-hybridized carbons (Fsp3) is 0.462. The van der Waals surface area contributed by atoms with Crippen LogP contribution in [-0.4, -0.2) is 26.2 Å². The molecule has 0 bridgehead atoms. The minimum atomic E-state index is -0.110. The Morgan fingerprint density at radius 2 is 2.19 bits per heavy atom. The molecule has 1 atom stereocenters. The number of amides is 1. The molecule has 0 aromatic rings. The molecule has 0 aliphatic heterocycles. The Morgan fingerprint density at radius 3 is 2.75 bits per heavy atom. The van der Waals surface area contributed by atoms with Crippen LogP contribution in [0.4, 0.5) is 0 Å². The Kier molecular flexibility index (Phi) is 8.17. The van der Waals surface area contributed by atoms with Crippen LogP contribution in [0.5, 0.6) is 0 Å². The van der Waals surface area contributed by atoms with Crippen LogP contribution in [-0.2, 0) is 9.53 Å². The van der Waals surface area contributed by atoms with Gasteiger partial charge >= 0.3 is 0 Å². The third kappa shape index (κ3) is 7.01. The van der Waals surface area contributed by atoms with E-state index in [-0.39, 0.29) is 11.8 Å². The third-order valence-electron chi connectivity index (χ3n) is 2.03. The smallest absolute Gasteiger partial charge is 0.225 e. The Labute approximate surface area is 97.9 Å². The van der Waals surface area contributed by atoms with Gasteiger partial charge in [0.1, 0.15) is 0 Å². The fourth-order valence-corrected chi connectivity index (χ4v) is 1.08. The zero-order chi connectivity index (χ0) is 12.4. The maximum absolute atomic E-state index is 11.5. The van der Waals surface area contributed by atoms with Gasteiger partial charge in [-0.3, -0.25) is 4.79 Å². The lowest BCUT2D eigenvalue weighted by Crippen LogP contribution is -2.32. The van der Waals surface area contributed by atoms with E-state index in [0.717, 1.165) is 5.57 Å². The molecule has 0 radical (unpaired) electrons. The Bertz CT molecular complexity index is 280. The molecule has 3 heteroatoms. The van der Waals surface area contributed by atoms with Gasteiger partial charge in [-0.15, -0.1) is 0 Å². The molecule has 0 aromatic carbocycles. The van der Waals surface area contributed by atoms with Crippen molar-refractivity contribution in [3.63, 3.8) is 0 Å². The van der Waals surface area contributed by atoms with Crippen LogP contribution in [0.1, 0.15) is 13.8 Å². The second-order valence-electron chi connectivity index (χ2n) is 3.71. The van der Waals surface area contributed by atoms with Gasteiger partial charge < -0.3 is 10.1 Å². The Hall–Kier alpha value is -1.35. The van der Waals surface area contributed by atoms with Gasteiger partial charge in [0, 0.05) is 13.7 Å². The van der Waals surface area contributed by atoms with Crippen molar-refractivity contribution < 1.29 is 9.53 Å². The van der Waals surface area contributed by atoms with E-state index in [1.165, 1.54) is 0 Å². The van der Waals surface area contributed by atoms with E-state index in [1.807, 2.05) is 32.1 Å². The summed E-state index contributed by atoms with van der Waals surface area (Å²) in [6, 6.07) is 0. The molecule has 0 aliphatic carbocycles. The molecule has 0 spiro atoms. The lowest BCUT2D eigenvalue weighted by molar-refractivity contribution is -0.125. The number of methoxy groups -OCH3 is 1. The summed E-state index contributed by atoms with van der Waals surface area (Å²) in [5.41, 5.74) is 1.09. The van der Waals surface area contributed by atoms with Gasteiger partial charge in [-0.25, -0.2) is 0 Å². The van der Waals surface area contributed by atoms with Crippen molar-refractivity contribution in [1.82, 2.24) is 5.32 Å². The number of carbonyl (C=O) groups excluding carboxylic acids is 1. The predicted octanol–water partition coefficient (Wildman–Crippen LogP) is 2.07. The van der Waals surface area contributed by atoms with Gasteiger partial charge in [-0.2, -0.15) is 0 Å². The lowest BCUT2D eigenvalue weighted by atomic mass is 10.2. The highest BCUT2D eigenvalue weighted by Gasteiger charge is 2.11. The lowest BCUT2D eigenvalue weighted by Gasteiger charge is -2.10. The number of hydrogen-bond donors (Lipinski definition) is 1. The molecular weight excluding hydrogens is 202 g/mol. The van der Waals surface area contributed by atoms with Gasteiger partial charge in [0.15, 0.2) is 0 Å². The van der Waals surface area contributed by atoms with E-state index in [9.17, 15) is 4.79 Å². The Balaban J connectivity index is 3.95. The highest BCUT2D eigenvalue weighted by Crippen LogP contribution is 1.97. The van der Waals surface area contributed by atoms with Crippen molar-refractivity contribution in [3.8, 4) is 0 Å². The zero-order valence-corrected chi connectivity index (χ0v) is 10.3. The van der Waals surface area contributed by atoms with Crippen molar-refractivity contribution in [2.45, 2.75) is 13.8 Å². The van der Waals surface area contributed by atoms with E-state index < -0.39 is 0 Å². The van der Waals surface area contributed by atoms with Crippen LogP contribution < -0.4 is 5.32 Å². The van der Waals surface area contributed by atoms with Gasteiger partial charge in [0.05, 0.1) is 12.5 Å². The monoisotopic (exact) mass is 223 g/mol. The van der Waals surface area contributed by atoms with E-state index >= 15 is 0 Å². The first-order chi connectivity index (χ1) is 7.61.